The van der Waals surface area contributed by atoms with Crippen molar-refractivity contribution < 1.29 is 9.53 Å². The third-order valence-electron chi connectivity index (χ3n) is 2.83. The minimum atomic E-state index is -0.419. The number of hydrogen-bond donors (Lipinski definition) is 2. The second-order valence-electron chi connectivity index (χ2n) is 4.46. The fraction of sp³-hybridized carbons (Fsp3) is 0.214. The molecule has 0 atom stereocenters. The highest BCUT2D eigenvalue weighted by Gasteiger charge is 2.11. The summed E-state index contributed by atoms with van der Waals surface area (Å²) in [4.78, 5) is 15.5. The number of hydrogen-bond acceptors (Lipinski definition) is 6. The molecule has 0 aliphatic heterocycles. The molecular formula is C14H14N4O2S. The quantitative estimate of drug-likeness (QED) is 0.509. The van der Waals surface area contributed by atoms with Crippen LogP contribution in [0.4, 0.5) is 0 Å². The van der Waals surface area contributed by atoms with Gasteiger partial charge in [0.1, 0.15) is 12.4 Å². The Morgan fingerprint density at radius 1 is 1.48 bits per heavy atom. The first kappa shape index (κ1) is 15.0. The van der Waals surface area contributed by atoms with Crippen molar-refractivity contribution in [3.63, 3.8) is 0 Å². The molecule has 1 aromatic heterocycles. The monoisotopic (exact) mass is 302 g/mol. The summed E-state index contributed by atoms with van der Waals surface area (Å²) in [5.74, 6) is 5.36. The van der Waals surface area contributed by atoms with Crippen molar-refractivity contribution in [2.75, 3.05) is 0 Å². The predicted octanol–water partition coefficient (Wildman–Crippen LogP) is 1.81. The summed E-state index contributed by atoms with van der Waals surface area (Å²) in [6, 6.07) is 5.66. The summed E-state index contributed by atoms with van der Waals surface area (Å²) < 4.78 is 5.75. The molecule has 21 heavy (non-hydrogen) atoms. The number of benzene rings is 1. The lowest BCUT2D eigenvalue weighted by Gasteiger charge is -2.11. The van der Waals surface area contributed by atoms with E-state index in [-0.39, 0.29) is 6.61 Å². The lowest BCUT2D eigenvalue weighted by Crippen LogP contribution is -2.29. The van der Waals surface area contributed by atoms with Gasteiger partial charge in [0.2, 0.25) is 0 Å². The standard InChI is InChI=1S/C14H14N4O2S/c1-8-3-10(5-15)4-9(2)12(8)20-6-11-7-21-14(17-11)13(19)18-16/h3-4,7H,6,16H2,1-2H3,(H,18,19). The smallest absolute Gasteiger partial charge is 0.294 e. The lowest BCUT2D eigenvalue weighted by molar-refractivity contribution is 0.0953. The van der Waals surface area contributed by atoms with E-state index in [1.165, 1.54) is 11.3 Å². The molecule has 1 heterocycles. The number of amides is 1. The van der Waals surface area contributed by atoms with Gasteiger partial charge in [0.25, 0.3) is 5.91 Å². The van der Waals surface area contributed by atoms with Gasteiger partial charge in [-0.15, -0.1) is 11.3 Å². The number of carbonyl (C=O) groups is 1. The van der Waals surface area contributed by atoms with Crippen LogP contribution >= 0.6 is 11.3 Å². The summed E-state index contributed by atoms with van der Waals surface area (Å²) >= 11 is 1.21. The Labute approximate surface area is 126 Å². The molecule has 0 unspecified atom stereocenters. The predicted molar refractivity (Wildman–Crippen MR) is 78.7 cm³/mol. The summed E-state index contributed by atoms with van der Waals surface area (Å²) in [7, 11) is 0. The van der Waals surface area contributed by atoms with Crippen molar-refractivity contribution in [3.05, 3.63) is 44.9 Å². The number of aryl methyl sites for hydroxylation is 2. The fourth-order valence-corrected chi connectivity index (χ4v) is 2.63. The molecular weight excluding hydrogens is 288 g/mol. The maximum atomic E-state index is 11.3. The van der Waals surface area contributed by atoms with Crippen molar-refractivity contribution in [3.8, 4) is 11.8 Å². The molecule has 7 heteroatoms. The molecule has 0 aliphatic rings. The first-order valence-corrected chi connectivity index (χ1v) is 7.02. The number of ether oxygens (including phenoxy) is 1. The summed E-state index contributed by atoms with van der Waals surface area (Å²) in [6.07, 6.45) is 0. The van der Waals surface area contributed by atoms with Crippen LogP contribution in [0.5, 0.6) is 5.75 Å². The normalized spacial score (nSPS) is 10.0. The van der Waals surface area contributed by atoms with E-state index in [0.717, 1.165) is 16.9 Å². The van der Waals surface area contributed by atoms with E-state index in [2.05, 4.69) is 11.1 Å². The number of carbonyl (C=O) groups excluding carboxylic acids is 1. The van der Waals surface area contributed by atoms with Gasteiger partial charge in [-0.3, -0.25) is 10.2 Å². The van der Waals surface area contributed by atoms with Gasteiger partial charge in [-0.1, -0.05) is 0 Å². The largest absolute Gasteiger partial charge is 0.487 e. The van der Waals surface area contributed by atoms with Crippen molar-refractivity contribution in [2.24, 2.45) is 5.84 Å². The molecule has 6 nitrogen and oxygen atoms in total. The zero-order chi connectivity index (χ0) is 15.4. The van der Waals surface area contributed by atoms with Crippen LogP contribution in [0, 0.1) is 25.2 Å². The average Bonchev–Trinajstić information content (AvgIpc) is 2.94. The van der Waals surface area contributed by atoms with E-state index in [1.54, 1.807) is 17.5 Å². The first-order valence-electron chi connectivity index (χ1n) is 6.14. The maximum absolute atomic E-state index is 11.3. The Bertz CT molecular complexity index is 695. The van der Waals surface area contributed by atoms with Gasteiger partial charge < -0.3 is 4.74 Å². The van der Waals surface area contributed by atoms with E-state index in [9.17, 15) is 4.79 Å². The number of nitrogens with zero attached hydrogens (tertiary/aromatic N) is 2. The number of nitrogens with one attached hydrogen (secondary N) is 1. The molecule has 1 amide bonds. The number of thiazole rings is 1. The molecule has 1 aromatic carbocycles. The number of aromatic nitrogens is 1. The van der Waals surface area contributed by atoms with Gasteiger partial charge in [0.15, 0.2) is 5.01 Å². The summed E-state index contributed by atoms with van der Waals surface area (Å²) in [6.45, 7) is 4.02. The molecule has 0 aliphatic carbocycles. The molecule has 3 N–H and O–H groups in total. The highest BCUT2D eigenvalue weighted by atomic mass is 32.1. The second kappa shape index (κ2) is 6.35. The van der Waals surface area contributed by atoms with E-state index in [0.29, 0.717) is 16.3 Å². The van der Waals surface area contributed by atoms with Crippen molar-refractivity contribution in [1.82, 2.24) is 10.4 Å². The van der Waals surface area contributed by atoms with E-state index in [1.807, 2.05) is 19.3 Å². The van der Waals surface area contributed by atoms with Crippen LogP contribution in [-0.4, -0.2) is 10.9 Å². The van der Waals surface area contributed by atoms with Crippen molar-refractivity contribution >= 4 is 17.2 Å². The Hall–Kier alpha value is -2.43. The van der Waals surface area contributed by atoms with Gasteiger partial charge in [-0.05, 0) is 37.1 Å². The van der Waals surface area contributed by atoms with Crippen LogP contribution < -0.4 is 16.0 Å². The molecule has 0 fully saturated rings. The van der Waals surface area contributed by atoms with E-state index in [4.69, 9.17) is 15.8 Å². The topological polar surface area (TPSA) is 101 Å². The van der Waals surface area contributed by atoms with Gasteiger partial charge in [-0.2, -0.15) is 5.26 Å². The van der Waals surface area contributed by atoms with Crippen LogP contribution in [-0.2, 0) is 6.61 Å². The Balaban J connectivity index is 2.12. The fourth-order valence-electron chi connectivity index (χ4n) is 1.93. The number of hydrazine groups is 1. The molecule has 0 saturated carbocycles. The van der Waals surface area contributed by atoms with Crippen molar-refractivity contribution in [1.29, 1.82) is 5.26 Å². The van der Waals surface area contributed by atoms with Gasteiger partial charge >= 0.3 is 0 Å². The minimum absolute atomic E-state index is 0.252. The van der Waals surface area contributed by atoms with Gasteiger partial charge in [0.05, 0.1) is 17.3 Å². The van der Waals surface area contributed by atoms with Crippen molar-refractivity contribution in [2.45, 2.75) is 20.5 Å². The zero-order valence-corrected chi connectivity index (χ0v) is 12.5. The first-order chi connectivity index (χ1) is 10.0. The SMILES string of the molecule is Cc1cc(C#N)cc(C)c1OCc1csc(C(=O)NN)n1. The molecule has 0 radical (unpaired) electrons. The number of rotatable bonds is 4. The van der Waals surface area contributed by atoms with Gasteiger partial charge in [0, 0.05) is 5.38 Å². The highest BCUT2D eigenvalue weighted by Crippen LogP contribution is 2.25. The molecule has 0 saturated heterocycles. The zero-order valence-electron chi connectivity index (χ0n) is 11.6. The number of nitrogen functional groups attached to an aromatic ring is 1. The average molecular weight is 302 g/mol. The van der Waals surface area contributed by atoms with Crippen LogP contribution in [0.2, 0.25) is 0 Å². The Morgan fingerprint density at radius 2 is 2.14 bits per heavy atom. The molecule has 2 aromatic rings. The van der Waals surface area contributed by atoms with Crippen LogP contribution in [0.15, 0.2) is 17.5 Å². The lowest BCUT2D eigenvalue weighted by atomic mass is 10.1. The summed E-state index contributed by atoms with van der Waals surface area (Å²) in [5, 5.41) is 11.0. The van der Waals surface area contributed by atoms with Crippen LogP contribution in [0.25, 0.3) is 0 Å². The number of nitriles is 1. The molecule has 108 valence electrons. The number of nitrogens with two attached hydrogens (primary N) is 1. The second-order valence-corrected chi connectivity index (χ2v) is 5.32. The van der Waals surface area contributed by atoms with Crippen LogP contribution in [0.1, 0.15) is 32.2 Å². The molecule has 2 rings (SSSR count). The van der Waals surface area contributed by atoms with E-state index >= 15 is 0 Å². The summed E-state index contributed by atoms with van der Waals surface area (Å²) in [5.41, 5.74) is 5.08. The maximum Gasteiger partial charge on any atom is 0.294 e. The van der Waals surface area contributed by atoms with E-state index < -0.39 is 5.91 Å². The third-order valence-corrected chi connectivity index (χ3v) is 3.72. The highest BCUT2D eigenvalue weighted by molar-refractivity contribution is 7.11. The van der Waals surface area contributed by atoms with Gasteiger partial charge in [-0.25, -0.2) is 10.8 Å². The Kier molecular flexibility index (Phi) is 4.52. The Morgan fingerprint density at radius 3 is 2.71 bits per heavy atom. The minimum Gasteiger partial charge on any atom is -0.487 e. The van der Waals surface area contributed by atoms with Crippen LogP contribution in [0.3, 0.4) is 0 Å². The third kappa shape index (κ3) is 3.37. The molecule has 0 bridgehead atoms. The molecule has 0 spiro atoms.